The van der Waals surface area contributed by atoms with Crippen LogP contribution in [0.25, 0.3) is 0 Å². The van der Waals surface area contributed by atoms with Gasteiger partial charge < -0.3 is 14.8 Å². The minimum Gasteiger partial charge on any atom is -0.490 e. The van der Waals surface area contributed by atoms with E-state index in [2.05, 4.69) is 10.3 Å². The molecule has 3 aromatic rings. The molecule has 136 valence electrons. The van der Waals surface area contributed by atoms with Crippen molar-refractivity contribution in [2.75, 3.05) is 6.61 Å². The molecule has 0 saturated heterocycles. The summed E-state index contributed by atoms with van der Waals surface area (Å²) in [5.41, 5.74) is 2.19. The maximum Gasteiger partial charge on any atom is 0.180 e. The van der Waals surface area contributed by atoms with Crippen molar-refractivity contribution in [3.8, 4) is 11.5 Å². The summed E-state index contributed by atoms with van der Waals surface area (Å²) in [7, 11) is 0. The number of pyridine rings is 1. The lowest BCUT2D eigenvalue weighted by molar-refractivity contribution is 0.271. The Labute approximate surface area is 162 Å². The van der Waals surface area contributed by atoms with Gasteiger partial charge in [-0.15, -0.1) is 11.3 Å². The molecular formula is C20H21ClN2O2S. The van der Waals surface area contributed by atoms with Gasteiger partial charge in [0.1, 0.15) is 6.61 Å². The van der Waals surface area contributed by atoms with Crippen LogP contribution in [0.15, 0.2) is 54.2 Å². The molecule has 2 aromatic heterocycles. The van der Waals surface area contributed by atoms with Crippen molar-refractivity contribution < 1.29 is 9.47 Å². The standard InChI is InChI=1S/C20H21ClN2O2S/c1-2-24-19-10-16(13-23-12-15-5-3-7-22-11-15)9-18(21)20(19)25-14-17-6-4-8-26-17/h3-11,23H,2,12-14H2,1H3. The lowest BCUT2D eigenvalue weighted by Crippen LogP contribution is -2.13. The third-order valence-corrected chi connectivity index (χ3v) is 4.82. The number of ether oxygens (including phenoxy) is 2. The molecule has 2 heterocycles. The zero-order valence-electron chi connectivity index (χ0n) is 14.6. The van der Waals surface area contributed by atoms with Crippen molar-refractivity contribution in [1.82, 2.24) is 10.3 Å². The lowest BCUT2D eigenvalue weighted by atomic mass is 10.2. The van der Waals surface area contributed by atoms with Gasteiger partial charge in [0, 0.05) is 30.4 Å². The molecule has 1 aromatic carbocycles. The Bertz CT molecular complexity index is 810. The van der Waals surface area contributed by atoms with Gasteiger partial charge in [0.15, 0.2) is 11.5 Å². The molecule has 0 bridgehead atoms. The molecule has 26 heavy (non-hydrogen) atoms. The number of aromatic nitrogens is 1. The molecule has 0 fully saturated rings. The Balaban J connectivity index is 1.67. The van der Waals surface area contributed by atoms with Crippen LogP contribution in [0.5, 0.6) is 11.5 Å². The summed E-state index contributed by atoms with van der Waals surface area (Å²) in [5.74, 6) is 1.27. The smallest absolute Gasteiger partial charge is 0.180 e. The molecule has 0 unspecified atom stereocenters. The number of hydrogen-bond donors (Lipinski definition) is 1. The number of nitrogens with zero attached hydrogens (tertiary/aromatic N) is 1. The molecule has 0 atom stereocenters. The second kappa shape index (κ2) is 9.57. The summed E-state index contributed by atoms with van der Waals surface area (Å²) < 4.78 is 11.7. The predicted molar refractivity (Wildman–Crippen MR) is 106 cm³/mol. The summed E-state index contributed by atoms with van der Waals surface area (Å²) >= 11 is 8.12. The largest absolute Gasteiger partial charge is 0.490 e. The van der Waals surface area contributed by atoms with Gasteiger partial charge in [0.2, 0.25) is 0 Å². The fourth-order valence-corrected chi connectivity index (χ4v) is 3.42. The van der Waals surface area contributed by atoms with Crippen LogP contribution in [-0.2, 0) is 19.7 Å². The quantitative estimate of drug-likeness (QED) is 0.556. The third kappa shape index (κ3) is 5.21. The first kappa shape index (κ1) is 18.7. The van der Waals surface area contributed by atoms with Crippen molar-refractivity contribution in [1.29, 1.82) is 0 Å². The zero-order chi connectivity index (χ0) is 18.2. The van der Waals surface area contributed by atoms with E-state index in [1.165, 1.54) is 0 Å². The van der Waals surface area contributed by atoms with E-state index in [9.17, 15) is 0 Å². The van der Waals surface area contributed by atoms with Crippen LogP contribution in [0.4, 0.5) is 0 Å². The predicted octanol–water partition coefficient (Wildman–Crippen LogP) is 5.06. The van der Waals surface area contributed by atoms with Gasteiger partial charge in [0.25, 0.3) is 0 Å². The molecule has 1 N–H and O–H groups in total. The van der Waals surface area contributed by atoms with E-state index in [1.807, 2.05) is 54.9 Å². The molecule has 0 saturated carbocycles. The van der Waals surface area contributed by atoms with Crippen molar-refractivity contribution in [3.05, 3.63) is 75.2 Å². The summed E-state index contributed by atoms with van der Waals surface area (Å²) in [4.78, 5) is 5.26. The maximum atomic E-state index is 6.47. The fraction of sp³-hybridized carbons (Fsp3) is 0.250. The van der Waals surface area contributed by atoms with E-state index >= 15 is 0 Å². The van der Waals surface area contributed by atoms with Crippen LogP contribution in [0.1, 0.15) is 22.9 Å². The van der Waals surface area contributed by atoms with E-state index in [0.717, 1.165) is 22.5 Å². The summed E-state index contributed by atoms with van der Waals surface area (Å²) in [6, 6.07) is 11.9. The molecule has 0 radical (unpaired) electrons. The van der Waals surface area contributed by atoms with Gasteiger partial charge in [-0.2, -0.15) is 0 Å². The van der Waals surface area contributed by atoms with Crippen molar-refractivity contribution >= 4 is 22.9 Å². The van der Waals surface area contributed by atoms with Crippen LogP contribution in [0, 0.1) is 0 Å². The van der Waals surface area contributed by atoms with Gasteiger partial charge in [-0.3, -0.25) is 4.98 Å². The van der Waals surface area contributed by atoms with Crippen LogP contribution < -0.4 is 14.8 Å². The van der Waals surface area contributed by atoms with E-state index in [-0.39, 0.29) is 0 Å². The van der Waals surface area contributed by atoms with E-state index in [1.54, 1.807) is 17.5 Å². The summed E-state index contributed by atoms with van der Waals surface area (Å²) in [5, 5.41) is 5.98. The Hall–Kier alpha value is -2.08. The molecular weight excluding hydrogens is 368 g/mol. The third-order valence-electron chi connectivity index (χ3n) is 3.69. The monoisotopic (exact) mass is 388 g/mol. The van der Waals surface area contributed by atoms with Crippen LogP contribution in [0.2, 0.25) is 5.02 Å². The molecule has 0 aliphatic carbocycles. The van der Waals surface area contributed by atoms with E-state index in [4.69, 9.17) is 21.1 Å². The normalized spacial score (nSPS) is 10.7. The Morgan fingerprint density at radius 2 is 2.00 bits per heavy atom. The number of benzene rings is 1. The average molecular weight is 389 g/mol. The SMILES string of the molecule is CCOc1cc(CNCc2cccnc2)cc(Cl)c1OCc1cccs1. The van der Waals surface area contributed by atoms with Crippen LogP contribution in [0.3, 0.4) is 0 Å². The molecule has 3 rings (SSSR count). The first-order valence-electron chi connectivity index (χ1n) is 8.46. The van der Waals surface area contributed by atoms with Crippen molar-refractivity contribution in [2.24, 2.45) is 0 Å². The topological polar surface area (TPSA) is 43.4 Å². The molecule has 0 amide bonds. The lowest BCUT2D eigenvalue weighted by Gasteiger charge is -2.15. The first-order valence-corrected chi connectivity index (χ1v) is 9.72. The van der Waals surface area contributed by atoms with Gasteiger partial charge in [-0.1, -0.05) is 23.7 Å². The highest BCUT2D eigenvalue weighted by Crippen LogP contribution is 2.37. The van der Waals surface area contributed by atoms with Gasteiger partial charge >= 0.3 is 0 Å². The minimum atomic E-state index is 0.482. The van der Waals surface area contributed by atoms with Crippen molar-refractivity contribution in [3.63, 3.8) is 0 Å². The van der Waals surface area contributed by atoms with Crippen molar-refractivity contribution in [2.45, 2.75) is 26.6 Å². The van der Waals surface area contributed by atoms with Gasteiger partial charge in [-0.25, -0.2) is 0 Å². The van der Waals surface area contributed by atoms with Crippen LogP contribution in [-0.4, -0.2) is 11.6 Å². The zero-order valence-corrected chi connectivity index (χ0v) is 16.1. The number of halogens is 1. The Kier molecular flexibility index (Phi) is 6.89. The van der Waals surface area contributed by atoms with Gasteiger partial charge in [-0.05, 0) is 47.7 Å². The second-order valence-corrected chi connectivity index (χ2v) is 7.11. The molecule has 0 aliphatic heterocycles. The van der Waals surface area contributed by atoms with Crippen LogP contribution >= 0.6 is 22.9 Å². The highest BCUT2D eigenvalue weighted by Gasteiger charge is 2.13. The summed E-state index contributed by atoms with van der Waals surface area (Å²) in [6.07, 6.45) is 3.62. The average Bonchev–Trinajstić information content (AvgIpc) is 3.16. The molecule has 4 nitrogen and oxygen atoms in total. The number of hydrogen-bond acceptors (Lipinski definition) is 5. The van der Waals surface area contributed by atoms with E-state index in [0.29, 0.717) is 36.3 Å². The Morgan fingerprint density at radius 3 is 2.73 bits per heavy atom. The number of nitrogens with one attached hydrogen (secondary N) is 1. The molecule has 0 spiro atoms. The summed E-state index contributed by atoms with van der Waals surface area (Å²) in [6.45, 7) is 4.41. The molecule has 6 heteroatoms. The highest BCUT2D eigenvalue weighted by molar-refractivity contribution is 7.09. The fourth-order valence-electron chi connectivity index (χ4n) is 2.52. The minimum absolute atomic E-state index is 0.482. The maximum absolute atomic E-state index is 6.47. The van der Waals surface area contributed by atoms with Gasteiger partial charge in [0.05, 0.1) is 11.6 Å². The first-order chi connectivity index (χ1) is 12.8. The van der Waals surface area contributed by atoms with E-state index < -0.39 is 0 Å². The Morgan fingerprint density at radius 1 is 1.12 bits per heavy atom. The number of thiophene rings is 1. The molecule has 0 aliphatic rings. The number of rotatable bonds is 9. The highest BCUT2D eigenvalue weighted by atomic mass is 35.5. The second-order valence-electron chi connectivity index (χ2n) is 5.67.